The van der Waals surface area contributed by atoms with E-state index < -0.39 is 17.9 Å². The summed E-state index contributed by atoms with van der Waals surface area (Å²) < 4.78 is 18.5. The maximum atomic E-state index is 13.3. The second-order valence-electron chi connectivity index (χ2n) is 13.7. The van der Waals surface area contributed by atoms with Gasteiger partial charge < -0.3 is 39.8 Å². The summed E-state index contributed by atoms with van der Waals surface area (Å²) in [5.41, 5.74) is 6.28. The first-order valence-corrected chi connectivity index (χ1v) is 18.0. The fourth-order valence-corrected chi connectivity index (χ4v) is 7.54. The second-order valence-corrected chi connectivity index (χ2v) is 13.7. The van der Waals surface area contributed by atoms with Crippen LogP contribution < -0.4 is 15.5 Å². The third-order valence-electron chi connectivity index (χ3n) is 10.4. The minimum absolute atomic E-state index is 0.0141. The summed E-state index contributed by atoms with van der Waals surface area (Å²) in [5, 5.41) is 15.5. The topological polar surface area (TPSA) is 113 Å². The Morgan fingerprint density at radius 1 is 0.923 bits per heavy atom. The van der Waals surface area contributed by atoms with Crippen molar-refractivity contribution in [3.05, 3.63) is 138 Å². The molecule has 2 amide bonds. The van der Waals surface area contributed by atoms with Gasteiger partial charge >= 0.3 is 6.09 Å². The number of aliphatic hydroxyl groups is 1. The molecule has 10 heteroatoms. The predicted molar refractivity (Wildman–Crippen MR) is 199 cm³/mol. The summed E-state index contributed by atoms with van der Waals surface area (Å²) in [5.74, 6) is 0.109. The normalized spacial score (nSPS) is 21.4. The molecule has 7 rings (SSSR count). The fraction of sp³-hybridized carbons (Fsp3) is 0.333. The van der Waals surface area contributed by atoms with Crippen molar-refractivity contribution in [2.24, 2.45) is 0 Å². The molecule has 3 saturated heterocycles. The molecule has 270 valence electrons. The number of carbonyl (C=O) groups is 2. The maximum Gasteiger partial charge on any atom is 0.407 e. The number of carbonyl (C=O) groups excluding carboxylic acids is 2. The standard InChI is InChI=1S/C42H46N4O6/c1-2-22-50-41(49)43-26-31-8-6-9-33(23-31)34-10-7-11-35(24-34)39-51-37(25-38(52-39)32-16-14-30(28-47)15-17-32)27-45-20-18-42(19-21-45)40(48)44-29-46(42)36-12-4-3-5-13-36/h2-17,23-24,37-39,47H,1,18-22,25-29H2,(H,43,49)(H,44,48)/t37-,38+,39+/m0/s1. The van der Waals surface area contributed by atoms with Crippen molar-refractivity contribution < 1.29 is 28.9 Å². The number of ether oxygens (including phenoxy) is 3. The lowest BCUT2D eigenvalue weighted by atomic mass is 9.85. The van der Waals surface area contributed by atoms with Crippen LogP contribution >= 0.6 is 0 Å². The molecule has 0 radical (unpaired) electrons. The van der Waals surface area contributed by atoms with E-state index in [2.05, 4.69) is 57.3 Å². The van der Waals surface area contributed by atoms with E-state index in [-0.39, 0.29) is 31.3 Å². The summed E-state index contributed by atoms with van der Waals surface area (Å²) in [4.78, 5) is 29.9. The Labute approximate surface area is 305 Å². The quantitative estimate of drug-likeness (QED) is 0.158. The van der Waals surface area contributed by atoms with Gasteiger partial charge in [-0.3, -0.25) is 4.79 Å². The van der Waals surface area contributed by atoms with Crippen LogP contribution in [-0.2, 0) is 32.2 Å². The molecule has 3 aliphatic rings. The Bertz CT molecular complexity index is 1840. The number of nitrogens with zero attached hydrogens (tertiary/aromatic N) is 2. The number of para-hydroxylation sites is 1. The van der Waals surface area contributed by atoms with Crippen molar-refractivity contribution in [1.82, 2.24) is 15.5 Å². The third kappa shape index (κ3) is 7.90. The van der Waals surface area contributed by atoms with Crippen molar-refractivity contribution >= 4 is 17.7 Å². The molecule has 1 spiro atoms. The summed E-state index contributed by atoms with van der Waals surface area (Å²) in [6.45, 7) is 6.86. The van der Waals surface area contributed by atoms with Crippen LogP contribution in [0.1, 0.15) is 53.9 Å². The van der Waals surface area contributed by atoms with Gasteiger partial charge in [-0.2, -0.15) is 0 Å². The molecule has 3 atom stereocenters. The summed E-state index contributed by atoms with van der Waals surface area (Å²) in [6.07, 6.45) is 2.27. The first kappa shape index (κ1) is 35.4. The smallest absolute Gasteiger partial charge is 0.407 e. The van der Waals surface area contributed by atoms with Crippen LogP contribution in [0.2, 0.25) is 0 Å². The van der Waals surface area contributed by atoms with E-state index in [1.807, 2.05) is 72.8 Å². The predicted octanol–water partition coefficient (Wildman–Crippen LogP) is 6.23. The monoisotopic (exact) mass is 702 g/mol. The molecule has 4 aromatic rings. The van der Waals surface area contributed by atoms with Gasteiger partial charge in [0.2, 0.25) is 5.91 Å². The molecule has 3 fully saturated rings. The van der Waals surface area contributed by atoms with Crippen LogP contribution in [0.3, 0.4) is 0 Å². The highest BCUT2D eigenvalue weighted by Gasteiger charge is 2.50. The van der Waals surface area contributed by atoms with E-state index in [0.717, 1.165) is 71.5 Å². The molecular formula is C42H46N4O6. The number of rotatable bonds is 11. The molecule has 10 nitrogen and oxygen atoms in total. The Morgan fingerprint density at radius 2 is 1.67 bits per heavy atom. The van der Waals surface area contributed by atoms with Crippen molar-refractivity contribution in [1.29, 1.82) is 0 Å². The van der Waals surface area contributed by atoms with Gasteiger partial charge in [0.05, 0.1) is 25.5 Å². The number of alkyl carbamates (subject to hydrolysis) is 1. The molecule has 0 unspecified atom stereocenters. The zero-order valence-corrected chi connectivity index (χ0v) is 29.3. The lowest BCUT2D eigenvalue weighted by molar-refractivity contribution is -0.253. The van der Waals surface area contributed by atoms with E-state index in [4.69, 9.17) is 14.2 Å². The Hall–Kier alpha value is -5.00. The van der Waals surface area contributed by atoms with Crippen molar-refractivity contribution in [3.8, 4) is 11.1 Å². The van der Waals surface area contributed by atoms with Gasteiger partial charge in [0.15, 0.2) is 6.29 Å². The molecule has 0 saturated carbocycles. The molecule has 4 aromatic carbocycles. The van der Waals surface area contributed by atoms with Crippen molar-refractivity contribution in [3.63, 3.8) is 0 Å². The van der Waals surface area contributed by atoms with Crippen LogP contribution in [0.25, 0.3) is 11.1 Å². The molecule has 52 heavy (non-hydrogen) atoms. The largest absolute Gasteiger partial charge is 0.445 e. The Balaban J connectivity index is 1.07. The van der Waals surface area contributed by atoms with Gasteiger partial charge in [0.25, 0.3) is 0 Å². The SMILES string of the molecule is C=CCOC(=O)NCc1cccc(-c2cccc([C@@H]3O[C@H](CN4CCC5(CC4)C(=O)NCN5c4ccccc4)C[C@H](c4ccc(CO)cc4)O3)c2)c1. The molecule has 0 aromatic heterocycles. The lowest BCUT2D eigenvalue weighted by Crippen LogP contribution is -2.57. The highest BCUT2D eigenvalue weighted by atomic mass is 16.7. The zero-order chi connectivity index (χ0) is 35.9. The van der Waals surface area contributed by atoms with E-state index in [1.165, 1.54) is 6.08 Å². The molecule has 0 aliphatic carbocycles. The average molecular weight is 703 g/mol. The first-order valence-electron chi connectivity index (χ1n) is 18.0. The van der Waals surface area contributed by atoms with Crippen molar-refractivity contribution in [2.45, 2.75) is 56.5 Å². The van der Waals surface area contributed by atoms with E-state index in [1.54, 1.807) is 0 Å². The molecule has 0 bridgehead atoms. The van der Waals surface area contributed by atoms with Gasteiger partial charge in [0.1, 0.15) is 12.1 Å². The Morgan fingerprint density at radius 3 is 2.42 bits per heavy atom. The van der Waals surface area contributed by atoms with Crippen LogP contribution in [0.4, 0.5) is 10.5 Å². The van der Waals surface area contributed by atoms with Gasteiger partial charge in [-0.05, 0) is 64.9 Å². The number of aliphatic hydroxyl groups excluding tert-OH is 1. The fourth-order valence-electron chi connectivity index (χ4n) is 7.54. The molecule has 3 N–H and O–H groups in total. The Kier molecular flexibility index (Phi) is 11.0. The van der Waals surface area contributed by atoms with E-state index in [0.29, 0.717) is 19.6 Å². The van der Waals surface area contributed by atoms with Crippen LogP contribution in [0, 0.1) is 0 Å². The van der Waals surface area contributed by atoms with Crippen LogP contribution in [0.15, 0.2) is 116 Å². The minimum atomic E-state index is -0.601. The molecular weight excluding hydrogens is 656 g/mol. The second kappa shape index (κ2) is 16.1. The lowest BCUT2D eigenvalue weighted by Gasteiger charge is -2.45. The maximum absolute atomic E-state index is 13.3. The average Bonchev–Trinajstić information content (AvgIpc) is 3.51. The van der Waals surface area contributed by atoms with Gasteiger partial charge in [-0.25, -0.2) is 4.79 Å². The highest BCUT2D eigenvalue weighted by Crippen LogP contribution is 2.41. The number of hydrogen-bond acceptors (Lipinski definition) is 8. The number of likely N-dealkylation sites (tertiary alicyclic amines) is 1. The van der Waals surface area contributed by atoms with E-state index >= 15 is 0 Å². The third-order valence-corrected chi connectivity index (χ3v) is 10.4. The van der Waals surface area contributed by atoms with Crippen LogP contribution in [0.5, 0.6) is 0 Å². The van der Waals surface area contributed by atoms with E-state index in [9.17, 15) is 14.7 Å². The number of piperidine rings is 1. The number of hydrogen-bond donors (Lipinski definition) is 3. The zero-order valence-electron chi connectivity index (χ0n) is 29.3. The van der Waals surface area contributed by atoms with Gasteiger partial charge in [-0.1, -0.05) is 91.5 Å². The first-order chi connectivity index (χ1) is 25.4. The number of amides is 2. The molecule has 3 aliphatic heterocycles. The summed E-state index contributed by atoms with van der Waals surface area (Å²) in [6, 6.07) is 34.4. The van der Waals surface area contributed by atoms with Crippen molar-refractivity contribution in [2.75, 3.05) is 37.8 Å². The summed E-state index contributed by atoms with van der Waals surface area (Å²) >= 11 is 0. The van der Waals surface area contributed by atoms with Gasteiger partial charge in [0, 0.05) is 43.9 Å². The number of nitrogens with one attached hydrogen (secondary N) is 2. The minimum Gasteiger partial charge on any atom is -0.445 e. The highest BCUT2D eigenvalue weighted by molar-refractivity contribution is 5.93. The summed E-state index contributed by atoms with van der Waals surface area (Å²) in [7, 11) is 0. The van der Waals surface area contributed by atoms with Gasteiger partial charge in [-0.15, -0.1) is 0 Å². The number of anilines is 1. The number of benzene rings is 4. The molecule has 3 heterocycles. The van der Waals surface area contributed by atoms with Crippen LogP contribution in [-0.4, -0.2) is 66.6 Å².